The van der Waals surface area contributed by atoms with Gasteiger partial charge in [-0.1, -0.05) is 42.5 Å². The standard InChI is InChI=1S/C39H31N7O4/c1-24(27-8-3-2-4-9-27)43-36(47)28-12-13-32-31(21-28)34(37(48)44-32)35(29-10-6-16-41-23-29)42-22-26-7-5-11-30(19-26)46-38(49)33(45-39(46)50)20-25-14-17-40-18-15-25/h2-21,23-24,44,48H,22H2,1H3,(H,43,47)(H,45,50)/t24-/m1/s1. The Hall–Kier alpha value is -6.88. The molecule has 3 aromatic heterocycles. The Kier molecular flexibility index (Phi) is 8.68. The molecule has 1 fully saturated rings. The molecule has 1 atom stereocenters. The number of imide groups is 1. The summed E-state index contributed by atoms with van der Waals surface area (Å²) in [6.07, 6.45) is 8.10. The molecule has 3 aromatic carbocycles. The quantitative estimate of drug-likeness (QED) is 0.0812. The fourth-order valence-corrected chi connectivity index (χ4v) is 5.84. The zero-order valence-corrected chi connectivity index (χ0v) is 26.9. The Balaban J connectivity index is 1.20. The molecule has 0 unspecified atom stereocenters. The lowest BCUT2D eigenvalue weighted by Crippen LogP contribution is -2.30. The third kappa shape index (κ3) is 6.47. The molecule has 1 aliphatic rings. The van der Waals surface area contributed by atoms with Crippen LogP contribution < -0.4 is 15.5 Å². The maximum Gasteiger partial charge on any atom is 0.333 e. The normalized spacial score (nSPS) is 14.6. The first-order valence-electron chi connectivity index (χ1n) is 15.9. The van der Waals surface area contributed by atoms with E-state index in [-0.39, 0.29) is 30.1 Å². The molecule has 0 bridgehead atoms. The summed E-state index contributed by atoms with van der Waals surface area (Å²) >= 11 is 0. The van der Waals surface area contributed by atoms with Crippen molar-refractivity contribution in [1.82, 2.24) is 25.6 Å². The lowest BCUT2D eigenvalue weighted by Gasteiger charge is -2.14. The molecular formula is C39H31N7O4. The number of aromatic nitrogens is 3. The van der Waals surface area contributed by atoms with Gasteiger partial charge in [0.25, 0.3) is 11.8 Å². The molecule has 1 saturated heterocycles. The molecule has 1 aliphatic heterocycles. The zero-order valence-electron chi connectivity index (χ0n) is 26.9. The second-order valence-electron chi connectivity index (χ2n) is 11.7. The van der Waals surface area contributed by atoms with E-state index in [2.05, 4.69) is 25.6 Å². The highest BCUT2D eigenvalue weighted by atomic mass is 16.3. The number of rotatable bonds is 9. The number of aromatic hydroxyl groups is 1. The third-order valence-corrected chi connectivity index (χ3v) is 8.34. The van der Waals surface area contributed by atoms with Crippen LogP contribution in [0.5, 0.6) is 5.88 Å². The number of benzene rings is 3. The minimum Gasteiger partial charge on any atom is -0.494 e. The van der Waals surface area contributed by atoms with Crippen molar-refractivity contribution in [3.05, 3.63) is 161 Å². The molecule has 0 radical (unpaired) electrons. The third-order valence-electron chi connectivity index (χ3n) is 8.34. The highest BCUT2D eigenvalue weighted by Crippen LogP contribution is 2.32. The summed E-state index contributed by atoms with van der Waals surface area (Å²) in [6, 6.07) is 28.2. The van der Waals surface area contributed by atoms with Gasteiger partial charge >= 0.3 is 6.03 Å². The van der Waals surface area contributed by atoms with Gasteiger partial charge in [0, 0.05) is 46.8 Å². The molecular weight excluding hydrogens is 630 g/mol. The van der Waals surface area contributed by atoms with Crippen LogP contribution in [0.25, 0.3) is 17.0 Å². The highest BCUT2D eigenvalue weighted by molar-refractivity contribution is 6.28. The van der Waals surface area contributed by atoms with Crippen molar-refractivity contribution in [2.45, 2.75) is 19.5 Å². The molecule has 11 heteroatoms. The summed E-state index contributed by atoms with van der Waals surface area (Å²) in [4.78, 5) is 56.8. The first-order chi connectivity index (χ1) is 24.4. The molecule has 11 nitrogen and oxygen atoms in total. The first-order valence-corrected chi connectivity index (χ1v) is 15.9. The lowest BCUT2D eigenvalue weighted by molar-refractivity contribution is -0.113. The van der Waals surface area contributed by atoms with Crippen molar-refractivity contribution < 1.29 is 19.5 Å². The summed E-state index contributed by atoms with van der Waals surface area (Å²) in [5.41, 5.74) is 5.51. The van der Waals surface area contributed by atoms with E-state index in [1.165, 1.54) is 0 Å². The highest BCUT2D eigenvalue weighted by Gasteiger charge is 2.35. The Labute approximate surface area is 287 Å². The molecule has 50 heavy (non-hydrogen) atoms. The fourth-order valence-electron chi connectivity index (χ4n) is 5.84. The van der Waals surface area contributed by atoms with Crippen LogP contribution in [-0.2, 0) is 11.3 Å². The van der Waals surface area contributed by atoms with Crippen LogP contribution in [0.4, 0.5) is 10.5 Å². The van der Waals surface area contributed by atoms with Crippen LogP contribution in [0.1, 0.15) is 51.1 Å². The number of nitrogens with zero attached hydrogens (tertiary/aromatic N) is 4. The predicted molar refractivity (Wildman–Crippen MR) is 191 cm³/mol. The van der Waals surface area contributed by atoms with E-state index >= 15 is 0 Å². The number of nitrogens with one attached hydrogen (secondary N) is 3. The van der Waals surface area contributed by atoms with Gasteiger partial charge < -0.3 is 20.7 Å². The van der Waals surface area contributed by atoms with Crippen LogP contribution in [0.3, 0.4) is 0 Å². The number of H-pyrrole nitrogens is 1. The van der Waals surface area contributed by atoms with E-state index in [0.29, 0.717) is 44.6 Å². The number of fused-ring (bicyclic) bond motifs is 1. The molecule has 0 spiro atoms. The average Bonchev–Trinajstić information content (AvgIpc) is 3.62. The Bertz CT molecular complexity index is 2280. The van der Waals surface area contributed by atoms with Gasteiger partial charge in [0.2, 0.25) is 0 Å². The number of aromatic amines is 1. The number of hydrogen-bond acceptors (Lipinski definition) is 7. The number of urea groups is 1. The van der Waals surface area contributed by atoms with Crippen molar-refractivity contribution in [2.24, 2.45) is 4.99 Å². The minimum absolute atomic E-state index is 0.112. The topological polar surface area (TPSA) is 153 Å². The van der Waals surface area contributed by atoms with Gasteiger partial charge in [-0.25, -0.2) is 9.69 Å². The van der Waals surface area contributed by atoms with Crippen LogP contribution >= 0.6 is 0 Å². The number of pyridine rings is 2. The number of hydrogen-bond donors (Lipinski definition) is 4. The maximum absolute atomic E-state index is 13.4. The summed E-state index contributed by atoms with van der Waals surface area (Å²) in [7, 11) is 0. The van der Waals surface area contributed by atoms with E-state index in [9.17, 15) is 19.5 Å². The molecule has 7 rings (SSSR count). The number of aliphatic imine (C=N–C) groups is 1. The SMILES string of the molecule is C[C@@H](NC(=O)c1ccc2[nH]c(O)c(C(=NCc3cccc(N4C(=O)NC(=Cc5ccncc5)C4=O)c3)c3cccnc3)c2c1)c1ccccc1. The van der Waals surface area contributed by atoms with Crippen LogP contribution in [-0.4, -0.2) is 43.6 Å². The molecule has 4 heterocycles. The summed E-state index contributed by atoms with van der Waals surface area (Å²) in [6.45, 7) is 2.06. The number of amides is 4. The van der Waals surface area contributed by atoms with Gasteiger partial charge in [0.15, 0.2) is 5.88 Å². The van der Waals surface area contributed by atoms with Gasteiger partial charge in [0.1, 0.15) is 5.70 Å². The Morgan fingerprint density at radius 1 is 0.920 bits per heavy atom. The fraction of sp³-hybridized carbons (Fsp3) is 0.0769. The second-order valence-corrected chi connectivity index (χ2v) is 11.7. The number of carbonyl (C=O) groups is 3. The summed E-state index contributed by atoms with van der Waals surface area (Å²) < 4.78 is 0. The molecule has 246 valence electrons. The van der Waals surface area contributed by atoms with Crippen molar-refractivity contribution in [2.75, 3.05) is 4.90 Å². The number of anilines is 1. The van der Waals surface area contributed by atoms with Crippen molar-refractivity contribution >= 4 is 46.2 Å². The van der Waals surface area contributed by atoms with Gasteiger partial charge in [-0.05, 0) is 84.3 Å². The minimum atomic E-state index is -0.561. The molecule has 6 aromatic rings. The van der Waals surface area contributed by atoms with E-state index in [0.717, 1.165) is 16.0 Å². The lowest BCUT2D eigenvalue weighted by atomic mass is 10.0. The summed E-state index contributed by atoms with van der Waals surface area (Å²) in [5, 5.41) is 17.5. The van der Waals surface area contributed by atoms with Crippen molar-refractivity contribution in [3.63, 3.8) is 0 Å². The van der Waals surface area contributed by atoms with Crippen molar-refractivity contribution in [1.29, 1.82) is 0 Å². The monoisotopic (exact) mass is 661 g/mol. The zero-order chi connectivity index (χ0) is 34.6. The second kappa shape index (κ2) is 13.7. The van der Waals surface area contributed by atoms with Crippen LogP contribution in [0, 0.1) is 0 Å². The number of carbonyl (C=O) groups excluding carboxylic acids is 3. The van der Waals surface area contributed by atoms with Gasteiger partial charge in [-0.2, -0.15) is 0 Å². The summed E-state index contributed by atoms with van der Waals surface area (Å²) in [5.74, 6) is -0.851. The smallest absolute Gasteiger partial charge is 0.333 e. The molecule has 4 amide bonds. The van der Waals surface area contributed by atoms with Crippen molar-refractivity contribution in [3.8, 4) is 5.88 Å². The van der Waals surface area contributed by atoms with E-state index in [1.807, 2.05) is 49.4 Å². The van der Waals surface area contributed by atoms with E-state index in [1.54, 1.807) is 85.5 Å². The van der Waals surface area contributed by atoms with Crippen LogP contribution in [0.2, 0.25) is 0 Å². The maximum atomic E-state index is 13.4. The van der Waals surface area contributed by atoms with E-state index < -0.39 is 11.9 Å². The van der Waals surface area contributed by atoms with Crippen LogP contribution in [0.15, 0.2) is 133 Å². The van der Waals surface area contributed by atoms with Gasteiger partial charge in [0.05, 0.1) is 29.5 Å². The van der Waals surface area contributed by atoms with Gasteiger partial charge in [-0.3, -0.25) is 24.5 Å². The molecule has 0 aliphatic carbocycles. The van der Waals surface area contributed by atoms with E-state index in [4.69, 9.17) is 4.99 Å². The largest absolute Gasteiger partial charge is 0.494 e. The first kappa shape index (κ1) is 31.7. The Morgan fingerprint density at radius 3 is 2.52 bits per heavy atom. The molecule has 4 N–H and O–H groups in total. The Morgan fingerprint density at radius 2 is 1.74 bits per heavy atom. The average molecular weight is 662 g/mol. The molecule has 0 saturated carbocycles. The predicted octanol–water partition coefficient (Wildman–Crippen LogP) is 6.29. The van der Waals surface area contributed by atoms with Gasteiger partial charge in [-0.15, -0.1) is 0 Å².